The van der Waals surface area contributed by atoms with Gasteiger partial charge in [0, 0.05) is 6.04 Å². The van der Waals surface area contributed by atoms with Crippen LogP contribution in [0, 0.1) is 0 Å². The van der Waals surface area contributed by atoms with Crippen molar-refractivity contribution in [3.05, 3.63) is 0 Å². The average molecular weight is 213 g/mol. The summed E-state index contributed by atoms with van der Waals surface area (Å²) in [6, 6.07) is 0.160. The van der Waals surface area contributed by atoms with Crippen molar-refractivity contribution in [1.82, 2.24) is 5.32 Å². The van der Waals surface area contributed by atoms with E-state index >= 15 is 0 Å². The van der Waals surface area contributed by atoms with Gasteiger partial charge in [-0.1, -0.05) is 13.8 Å². The lowest BCUT2D eigenvalue weighted by Gasteiger charge is -2.16. The number of ether oxygens (including phenoxy) is 1. The number of halogens is 3. The van der Waals surface area contributed by atoms with Crippen LogP contribution in [0.15, 0.2) is 0 Å². The minimum absolute atomic E-state index is 0.160. The fraction of sp³-hybridized carbons (Fsp3) is 1.00. The van der Waals surface area contributed by atoms with Gasteiger partial charge in [-0.25, -0.2) is 0 Å². The first-order valence-corrected chi connectivity index (χ1v) is 4.87. The molecule has 1 atom stereocenters. The Labute approximate surface area is 82.8 Å². The predicted octanol–water partition coefficient (Wildman–Crippen LogP) is 2.34. The summed E-state index contributed by atoms with van der Waals surface area (Å²) < 4.78 is 40.1. The topological polar surface area (TPSA) is 21.3 Å². The Kier molecular flexibility index (Phi) is 6.92. The normalized spacial score (nSPS) is 14.4. The smallest absolute Gasteiger partial charge is 0.379 e. The van der Waals surface area contributed by atoms with Crippen LogP contribution >= 0.6 is 0 Å². The molecule has 5 heteroatoms. The summed E-state index contributed by atoms with van der Waals surface area (Å²) in [6.45, 7) is 4.84. The van der Waals surface area contributed by atoms with Gasteiger partial charge in [0.2, 0.25) is 0 Å². The van der Waals surface area contributed by atoms with E-state index in [0.29, 0.717) is 6.61 Å². The first-order valence-electron chi connectivity index (χ1n) is 4.87. The van der Waals surface area contributed by atoms with Gasteiger partial charge in [-0.2, -0.15) is 13.2 Å². The van der Waals surface area contributed by atoms with Crippen LogP contribution in [0.4, 0.5) is 13.2 Å². The van der Waals surface area contributed by atoms with Gasteiger partial charge in [0.1, 0.15) is 0 Å². The van der Waals surface area contributed by atoms with Gasteiger partial charge in [-0.15, -0.1) is 0 Å². The van der Waals surface area contributed by atoms with Gasteiger partial charge in [-0.3, -0.25) is 0 Å². The van der Waals surface area contributed by atoms with E-state index in [9.17, 15) is 13.2 Å². The second kappa shape index (κ2) is 7.06. The maximum atomic E-state index is 11.7. The van der Waals surface area contributed by atoms with E-state index in [0.717, 1.165) is 13.0 Å². The maximum Gasteiger partial charge on any atom is 0.391 e. The van der Waals surface area contributed by atoms with Crippen LogP contribution in [0.3, 0.4) is 0 Å². The zero-order chi connectivity index (χ0) is 11.0. The quantitative estimate of drug-likeness (QED) is 0.655. The zero-order valence-electron chi connectivity index (χ0n) is 8.66. The van der Waals surface area contributed by atoms with Crippen LogP contribution in [0.5, 0.6) is 0 Å². The molecule has 0 heterocycles. The fourth-order valence-electron chi connectivity index (χ4n) is 1.02. The van der Waals surface area contributed by atoms with Crippen LogP contribution in [0.1, 0.15) is 26.7 Å². The lowest BCUT2D eigenvalue weighted by atomic mass is 10.2. The summed E-state index contributed by atoms with van der Waals surface area (Å²) in [5.74, 6) is 0. The zero-order valence-corrected chi connectivity index (χ0v) is 8.66. The standard InChI is InChI=1S/C9H18F3NO/c1-3-8(13-4-2)7-14-6-5-9(10,11)12/h8,13H,3-7H2,1-2H3. The van der Waals surface area contributed by atoms with Gasteiger partial charge in [0.05, 0.1) is 19.6 Å². The molecule has 86 valence electrons. The number of alkyl halides is 3. The highest BCUT2D eigenvalue weighted by atomic mass is 19.4. The average Bonchev–Trinajstić information content (AvgIpc) is 2.08. The summed E-state index contributed by atoms with van der Waals surface area (Å²) in [5, 5.41) is 3.12. The number of likely N-dealkylation sites (N-methyl/N-ethyl adjacent to an activating group) is 1. The minimum atomic E-state index is -4.11. The molecule has 0 aromatic heterocycles. The molecule has 0 bridgehead atoms. The van der Waals surface area contributed by atoms with Crippen molar-refractivity contribution in [2.45, 2.75) is 38.9 Å². The third-order valence-corrected chi connectivity index (χ3v) is 1.83. The molecule has 0 aliphatic rings. The highest BCUT2D eigenvalue weighted by molar-refractivity contribution is 4.62. The second-order valence-electron chi connectivity index (χ2n) is 3.10. The first-order chi connectivity index (χ1) is 6.49. The molecule has 2 nitrogen and oxygen atoms in total. The minimum Gasteiger partial charge on any atom is -0.379 e. The molecule has 0 amide bonds. The van der Waals surface area contributed by atoms with E-state index < -0.39 is 12.6 Å². The Morgan fingerprint density at radius 2 is 1.93 bits per heavy atom. The lowest BCUT2D eigenvalue weighted by molar-refractivity contribution is -0.145. The van der Waals surface area contributed by atoms with Gasteiger partial charge < -0.3 is 10.1 Å². The molecule has 0 aliphatic heterocycles. The van der Waals surface area contributed by atoms with E-state index in [1.807, 2.05) is 13.8 Å². The Morgan fingerprint density at radius 1 is 1.29 bits per heavy atom. The van der Waals surface area contributed by atoms with Crippen molar-refractivity contribution >= 4 is 0 Å². The molecule has 1 unspecified atom stereocenters. The number of hydrogen-bond acceptors (Lipinski definition) is 2. The summed E-state index contributed by atoms with van der Waals surface area (Å²) in [7, 11) is 0. The van der Waals surface area contributed by atoms with Gasteiger partial charge >= 0.3 is 6.18 Å². The largest absolute Gasteiger partial charge is 0.391 e. The number of nitrogens with one attached hydrogen (secondary N) is 1. The molecule has 0 saturated heterocycles. The molecule has 1 N–H and O–H groups in total. The summed E-state index contributed by atoms with van der Waals surface area (Å²) in [5.41, 5.74) is 0. The highest BCUT2D eigenvalue weighted by Crippen LogP contribution is 2.18. The SMILES string of the molecule is CCNC(CC)COCCC(F)(F)F. The third-order valence-electron chi connectivity index (χ3n) is 1.83. The molecule has 0 fully saturated rings. The lowest BCUT2D eigenvalue weighted by Crippen LogP contribution is -2.33. The van der Waals surface area contributed by atoms with Crippen molar-refractivity contribution in [2.75, 3.05) is 19.8 Å². The van der Waals surface area contributed by atoms with Crippen molar-refractivity contribution in [3.63, 3.8) is 0 Å². The molecule has 0 spiro atoms. The van der Waals surface area contributed by atoms with Crippen molar-refractivity contribution in [1.29, 1.82) is 0 Å². The van der Waals surface area contributed by atoms with Crippen LogP contribution in [0.2, 0.25) is 0 Å². The molecule has 0 aromatic rings. The monoisotopic (exact) mass is 213 g/mol. The molecule has 0 aromatic carbocycles. The molecular formula is C9H18F3NO. The summed E-state index contributed by atoms with van der Waals surface area (Å²) in [4.78, 5) is 0. The van der Waals surface area contributed by atoms with Gasteiger partial charge in [-0.05, 0) is 13.0 Å². The second-order valence-corrected chi connectivity index (χ2v) is 3.10. The Hall–Kier alpha value is -0.290. The molecule has 0 rings (SSSR count). The van der Waals surface area contributed by atoms with Crippen LogP contribution in [-0.4, -0.2) is 32.0 Å². The Morgan fingerprint density at radius 3 is 2.36 bits per heavy atom. The maximum absolute atomic E-state index is 11.7. The van der Waals surface area contributed by atoms with E-state index in [1.54, 1.807) is 0 Å². The number of hydrogen-bond donors (Lipinski definition) is 1. The molecular weight excluding hydrogens is 195 g/mol. The molecule has 14 heavy (non-hydrogen) atoms. The van der Waals surface area contributed by atoms with Crippen molar-refractivity contribution in [3.8, 4) is 0 Å². The first kappa shape index (κ1) is 13.7. The van der Waals surface area contributed by atoms with Crippen LogP contribution in [0.25, 0.3) is 0 Å². The van der Waals surface area contributed by atoms with Crippen LogP contribution < -0.4 is 5.32 Å². The number of rotatable bonds is 7. The van der Waals surface area contributed by atoms with Crippen molar-refractivity contribution < 1.29 is 17.9 Å². The third kappa shape index (κ3) is 8.31. The summed E-state index contributed by atoms with van der Waals surface area (Å²) >= 11 is 0. The summed E-state index contributed by atoms with van der Waals surface area (Å²) in [6.07, 6.45) is -4.12. The van der Waals surface area contributed by atoms with E-state index in [1.165, 1.54) is 0 Å². The Balaban J connectivity index is 3.42. The van der Waals surface area contributed by atoms with Gasteiger partial charge in [0.25, 0.3) is 0 Å². The predicted molar refractivity (Wildman–Crippen MR) is 49.2 cm³/mol. The van der Waals surface area contributed by atoms with Crippen molar-refractivity contribution in [2.24, 2.45) is 0 Å². The van der Waals surface area contributed by atoms with E-state index in [-0.39, 0.29) is 12.6 Å². The van der Waals surface area contributed by atoms with E-state index in [4.69, 9.17) is 4.74 Å². The van der Waals surface area contributed by atoms with Gasteiger partial charge in [0.15, 0.2) is 0 Å². The van der Waals surface area contributed by atoms with E-state index in [2.05, 4.69) is 5.32 Å². The molecule has 0 radical (unpaired) electrons. The fourth-order valence-corrected chi connectivity index (χ4v) is 1.02. The Bertz CT molecular complexity index is 139. The highest BCUT2D eigenvalue weighted by Gasteiger charge is 2.26. The molecule has 0 aliphatic carbocycles. The molecule has 0 saturated carbocycles. The van der Waals surface area contributed by atoms with Crippen LogP contribution in [-0.2, 0) is 4.74 Å².